The molecule has 186 valence electrons. The third-order valence-corrected chi connectivity index (χ3v) is 7.40. The first-order chi connectivity index (χ1) is 16.7. The Balaban J connectivity index is 1.41. The van der Waals surface area contributed by atoms with Crippen molar-refractivity contribution in [2.24, 2.45) is 5.92 Å². The summed E-state index contributed by atoms with van der Waals surface area (Å²) in [6.45, 7) is 4.19. The van der Waals surface area contributed by atoms with Crippen molar-refractivity contribution in [3.8, 4) is 11.1 Å². The zero-order chi connectivity index (χ0) is 25.2. The predicted molar refractivity (Wildman–Crippen MR) is 130 cm³/mol. The first-order valence-corrected chi connectivity index (χ1v) is 12.1. The number of hydrogen-bond acceptors (Lipinski definition) is 5. The zero-order valence-corrected chi connectivity index (χ0v) is 20.1. The molecule has 1 aliphatic heterocycles. The Labute approximate surface area is 204 Å². The van der Waals surface area contributed by atoms with Crippen LogP contribution in [0.3, 0.4) is 0 Å². The molecule has 2 aromatic rings. The van der Waals surface area contributed by atoms with E-state index in [-0.39, 0.29) is 50.3 Å². The Morgan fingerprint density at radius 1 is 1.06 bits per heavy atom. The molecule has 8 nitrogen and oxygen atoms in total. The topological polar surface area (TPSA) is 116 Å². The van der Waals surface area contributed by atoms with Gasteiger partial charge in [0.25, 0.3) is 0 Å². The highest BCUT2D eigenvalue weighted by Crippen LogP contribution is 2.44. The molecule has 1 fully saturated rings. The molecule has 1 unspecified atom stereocenters. The minimum atomic E-state index is -1.82. The molecule has 3 N–H and O–H groups in total. The minimum Gasteiger partial charge on any atom is -0.479 e. The maximum absolute atomic E-state index is 13.2. The summed E-state index contributed by atoms with van der Waals surface area (Å²) in [5, 5.41) is 22.1. The number of carbonyl (C=O) groups excluding carboxylic acids is 2. The van der Waals surface area contributed by atoms with Gasteiger partial charge in [0.15, 0.2) is 5.60 Å². The number of aliphatic hydroxyl groups is 1. The summed E-state index contributed by atoms with van der Waals surface area (Å²) >= 11 is 0. The summed E-state index contributed by atoms with van der Waals surface area (Å²) in [5.41, 5.74) is 2.67. The molecule has 2 amide bonds. The van der Waals surface area contributed by atoms with Crippen molar-refractivity contribution in [2.45, 2.75) is 50.7 Å². The number of nitrogens with zero attached hydrogens (tertiary/aromatic N) is 1. The van der Waals surface area contributed by atoms with Crippen LogP contribution >= 0.6 is 0 Å². The number of fused-ring (bicyclic) bond motifs is 3. The molecule has 1 heterocycles. The van der Waals surface area contributed by atoms with Gasteiger partial charge in [0, 0.05) is 31.8 Å². The highest BCUT2D eigenvalue weighted by Gasteiger charge is 2.42. The van der Waals surface area contributed by atoms with Gasteiger partial charge in [-0.25, -0.2) is 9.59 Å². The summed E-state index contributed by atoms with van der Waals surface area (Å²) < 4.78 is 5.63. The predicted octanol–water partition coefficient (Wildman–Crippen LogP) is 3.38. The van der Waals surface area contributed by atoms with E-state index in [9.17, 15) is 24.6 Å². The van der Waals surface area contributed by atoms with Crippen molar-refractivity contribution in [1.29, 1.82) is 0 Å². The fourth-order valence-corrected chi connectivity index (χ4v) is 4.96. The molecule has 4 rings (SSSR count). The van der Waals surface area contributed by atoms with Crippen LogP contribution in [0.25, 0.3) is 11.1 Å². The second-order valence-electron chi connectivity index (χ2n) is 9.50. The molecule has 0 radical (unpaired) electrons. The fraction of sp³-hybridized carbons (Fsp3) is 0.444. The molecule has 1 saturated heterocycles. The Morgan fingerprint density at radius 2 is 1.60 bits per heavy atom. The standard InChI is InChI=1S/C27H32N2O6/c1-3-17(2)23(24(30)29-14-12-27(34,13-15-29)25(31)32)28-26(33)35-16-22-20-10-6-4-8-18(20)19-9-5-7-11-21(19)22/h4-11,17,22-23,34H,3,12-16H2,1-2H3,(H,28,33)(H,31,32)/t17?,23-/m0/s1. The lowest BCUT2D eigenvalue weighted by Crippen LogP contribution is -2.57. The quantitative estimate of drug-likeness (QED) is 0.560. The highest BCUT2D eigenvalue weighted by atomic mass is 16.5. The van der Waals surface area contributed by atoms with Gasteiger partial charge in [-0.05, 0) is 28.2 Å². The number of hydrogen-bond donors (Lipinski definition) is 3. The van der Waals surface area contributed by atoms with Gasteiger partial charge < -0.3 is 25.2 Å². The average Bonchev–Trinajstić information content (AvgIpc) is 3.19. The number of ether oxygens (including phenoxy) is 1. The third-order valence-electron chi connectivity index (χ3n) is 7.40. The number of piperidine rings is 1. The van der Waals surface area contributed by atoms with E-state index >= 15 is 0 Å². The van der Waals surface area contributed by atoms with Crippen LogP contribution in [0.1, 0.15) is 50.2 Å². The molecule has 0 bridgehead atoms. The van der Waals surface area contributed by atoms with Crippen molar-refractivity contribution in [3.05, 3.63) is 59.7 Å². The van der Waals surface area contributed by atoms with Crippen LogP contribution in [-0.4, -0.2) is 64.4 Å². The van der Waals surface area contributed by atoms with Gasteiger partial charge in [0.1, 0.15) is 12.6 Å². The molecular formula is C27H32N2O6. The molecular weight excluding hydrogens is 448 g/mol. The summed E-state index contributed by atoms with van der Waals surface area (Å²) in [5.74, 6) is -1.80. The fourth-order valence-electron chi connectivity index (χ4n) is 4.96. The lowest BCUT2D eigenvalue weighted by molar-refractivity contribution is -0.165. The Hall–Kier alpha value is -3.39. The molecule has 8 heteroatoms. The van der Waals surface area contributed by atoms with Crippen molar-refractivity contribution in [3.63, 3.8) is 0 Å². The zero-order valence-electron chi connectivity index (χ0n) is 20.1. The number of carboxylic acid groups (broad SMARTS) is 1. The van der Waals surface area contributed by atoms with E-state index in [1.165, 1.54) is 4.90 Å². The van der Waals surface area contributed by atoms with Gasteiger partial charge >= 0.3 is 12.1 Å². The van der Waals surface area contributed by atoms with Crippen LogP contribution in [-0.2, 0) is 14.3 Å². The van der Waals surface area contributed by atoms with E-state index in [1.54, 1.807) is 0 Å². The maximum atomic E-state index is 13.2. The van der Waals surface area contributed by atoms with E-state index in [0.29, 0.717) is 6.42 Å². The molecule has 2 aliphatic rings. The van der Waals surface area contributed by atoms with Crippen LogP contribution in [0.4, 0.5) is 4.79 Å². The van der Waals surface area contributed by atoms with Gasteiger partial charge in [0.05, 0.1) is 0 Å². The summed E-state index contributed by atoms with van der Waals surface area (Å²) in [7, 11) is 0. The van der Waals surface area contributed by atoms with Crippen molar-refractivity contribution in [2.75, 3.05) is 19.7 Å². The summed E-state index contributed by atoms with van der Waals surface area (Å²) in [6, 6.07) is 15.3. The normalized spacial score (nSPS) is 18.2. The average molecular weight is 481 g/mol. The second-order valence-corrected chi connectivity index (χ2v) is 9.50. The molecule has 35 heavy (non-hydrogen) atoms. The van der Waals surface area contributed by atoms with Gasteiger partial charge in [-0.15, -0.1) is 0 Å². The monoisotopic (exact) mass is 480 g/mol. The first kappa shape index (κ1) is 24.7. The number of carboxylic acids is 1. The summed E-state index contributed by atoms with van der Waals surface area (Å²) in [4.78, 5) is 38.8. The van der Waals surface area contributed by atoms with Gasteiger partial charge in [-0.1, -0.05) is 68.8 Å². The number of likely N-dealkylation sites (tertiary alicyclic amines) is 1. The van der Waals surface area contributed by atoms with Crippen LogP contribution in [0.15, 0.2) is 48.5 Å². The van der Waals surface area contributed by atoms with E-state index < -0.39 is 23.7 Å². The smallest absolute Gasteiger partial charge is 0.407 e. The number of alkyl carbamates (subject to hydrolysis) is 1. The molecule has 2 aromatic carbocycles. The van der Waals surface area contributed by atoms with Gasteiger partial charge in [-0.3, -0.25) is 4.79 Å². The molecule has 1 aliphatic carbocycles. The lowest BCUT2D eigenvalue weighted by atomic mass is 9.90. The second kappa shape index (κ2) is 10.1. The number of benzene rings is 2. The van der Waals surface area contributed by atoms with E-state index in [0.717, 1.165) is 22.3 Å². The van der Waals surface area contributed by atoms with Crippen molar-refractivity contribution in [1.82, 2.24) is 10.2 Å². The number of aliphatic carboxylic acids is 1. The van der Waals surface area contributed by atoms with E-state index in [4.69, 9.17) is 4.74 Å². The Bertz CT molecular complexity index is 1060. The Morgan fingerprint density at radius 3 is 2.11 bits per heavy atom. The SMILES string of the molecule is CCC(C)[C@H](NC(=O)OCC1c2ccccc2-c2ccccc21)C(=O)N1CCC(O)(C(=O)O)CC1. The van der Waals surface area contributed by atoms with E-state index in [2.05, 4.69) is 17.4 Å². The number of rotatable bonds is 7. The third kappa shape index (κ3) is 4.89. The Kier molecular flexibility index (Phi) is 7.12. The van der Waals surface area contributed by atoms with Crippen molar-refractivity contribution >= 4 is 18.0 Å². The van der Waals surface area contributed by atoms with Crippen molar-refractivity contribution < 1.29 is 29.3 Å². The first-order valence-electron chi connectivity index (χ1n) is 12.1. The molecule has 0 spiro atoms. The molecule has 2 atom stereocenters. The lowest BCUT2D eigenvalue weighted by Gasteiger charge is -2.37. The van der Waals surface area contributed by atoms with E-state index in [1.807, 2.05) is 50.2 Å². The minimum absolute atomic E-state index is 0.0494. The maximum Gasteiger partial charge on any atom is 0.407 e. The van der Waals surface area contributed by atoms with Crippen LogP contribution in [0.5, 0.6) is 0 Å². The highest BCUT2D eigenvalue weighted by molar-refractivity contribution is 5.87. The van der Waals surface area contributed by atoms with Crippen LogP contribution < -0.4 is 5.32 Å². The molecule has 0 saturated carbocycles. The molecule has 0 aromatic heterocycles. The summed E-state index contributed by atoms with van der Waals surface area (Å²) in [6.07, 6.45) is -0.101. The number of carbonyl (C=O) groups is 3. The van der Waals surface area contributed by atoms with Gasteiger partial charge in [0.2, 0.25) is 5.91 Å². The van der Waals surface area contributed by atoms with Crippen LogP contribution in [0.2, 0.25) is 0 Å². The number of nitrogens with one attached hydrogen (secondary N) is 1. The largest absolute Gasteiger partial charge is 0.479 e. The van der Waals surface area contributed by atoms with Gasteiger partial charge in [-0.2, -0.15) is 0 Å². The number of amides is 2. The van der Waals surface area contributed by atoms with Crippen LogP contribution in [0, 0.1) is 5.92 Å².